The number of aryl methyl sites for hydroxylation is 2. The maximum atomic E-state index is 12.6. The van der Waals surface area contributed by atoms with Crippen LogP contribution in [0.4, 0.5) is 5.82 Å². The van der Waals surface area contributed by atoms with Crippen LogP contribution in [0.15, 0.2) is 48.5 Å². The van der Waals surface area contributed by atoms with Crippen molar-refractivity contribution < 1.29 is 19.4 Å². The Kier molecular flexibility index (Phi) is 6.15. The molecule has 162 valence electrons. The van der Waals surface area contributed by atoms with Crippen LogP contribution in [0.25, 0.3) is 5.69 Å². The minimum atomic E-state index is -1.03. The van der Waals surface area contributed by atoms with Crippen LogP contribution in [0.2, 0.25) is 0 Å². The van der Waals surface area contributed by atoms with Crippen LogP contribution in [-0.2, 0) is 10.2 Å². The lowest BCUT2D eigenvalue weighted by molar-refractivity contribution is -0.118. The van der Waals surface area contributed by atoms with Gasteiger partial charge in [-0.05, 0) is 55.3 Å². The Bertz CT molecular complexity index is 1130. The van der Waals surface area contributed by atoms with Crippen molar-refractivity contribution in [2.24, 2.45) is 0 Å². The highest BCUT2D eigenvalue weighted by molar-refractivity contribution is 5.92. The van der Waals surface area contributed by atoms with E-state index < -0.39 is 5.97 Å². The van der Waals surface area contributed by atoms with Crippen molar-refractivity contribution in [3.05, 3.63) is 70.9 Å². The molecule has 0 radical (unpaired) electrons. The van der Waals surface area contributed by atoms with Gasteiger partial charge in [0.05, 0.1) is 16.9 Å². The van der Waals surface area contributed by atoms with Gasteiger partial charge in [0.25, 0.3) is 5.91 Å². The molecule has 0 saturated carbocycles. The third-order valence-electron chi connectivity index (χ3n) is 4.93. The predicted octanol–water partition coefficient (Wildman–Crippen LogP) is 4.50. The molecule has 1 aromatic heterocycles. The van der Waals surface area contributed by atoms with Gasteiger partial charge in [-0.3, -0.25) is 4.79 Å². The minimum Gasteiger partial charge on any atom is -0.484 e. The smallest absolute Gasteiger partial charge is 0.335 e. The summed E-state index contributed by atoms with van der Waals surface area (Å²) >= 11 is 0. The van der Waals surface area contributed by atoms with E-state index in [2.05, 4.69) is 10.4 Å². The maximum absolute atomic E-state index is 12.6. The summed E-state index contributed by atoms with van der Waals surface area (Å²) < 4.78 is 7.17. The zero-order chi connectivity index (χ0) is 22.8. The molecule has 3 rings (SSSR count). The summed E-state index contributed by atoms with van der Waals surface area (Å²) in [5.41, 5.74) is 3.42. The number of carbonyl (C=O) groups is 2. The van der Waals surface area contributed by atoms with E-state index in [0.29, 0.717) is 17.3 Å². The van der Waals surface area contributed by atoms with Gasteiger partial charge >= 0.3 is 5.97 Å². The second kappa shape index (κ2) is 8.63. The van der Waals surface area contributed by atoms with Gasteiger partial charge in [-0.1, -0.05) is 32.9 Å². The van der Waals surface area contributed by atoms with E-state index >= 15 is 0 Å². The summed E-state index contributed by atoms with van der Waals surface area (Å²) in [6.45, 7) is 9.89. The topological polar surface area (TPSA) is 93.5 Å². The maximum Gasteiger partial charge on any atom is 0.335 e. The highest BCUT2D eigenvalue weighted by Gasteiger charge is 2.22. The molecule has 7 heteroatoms. The van der Waals surface area contributed by atoms with Crippen LogP contribution < -0.4 is 10.1 Å². The minimum absolute atomic E-state index is 0.139. The van der Waals surface area contributed by atoms with Gasteiger partial charge < -0.3 is 15.2 Å². The molecule has 0 aliphatic heterocycles. The molecule has 0 bridgehead atoms. The Balaban J connectivity index is 1.84. The van der Waals surface area contributed by atoms with E-state index in [4.69, 9.17) is 4.74 Å². The molecule has 2 aromatic carbocycles. The predicted molar refractivity (Wildman–Crippen MR) is 119 cm³/mol. The molecule has 31 heavy (non-hydrogen) atoms. The number of hydrogen-bond donors (Lipinski definition) is 2. The van der Waals surface area contributed by atoms with Gasteiger partial charge in [-0.25, -0.2) is 9.48 Å². The van der Waals surface area contributed by atoms with Crippen LogP contribution in [0, 0.1) is 13.8 Å². The monoisotopic (exact) mass is 421 g/mol. The molecule has 1 amide bonds. The summed E-state index contributed by atoms with van der Waals surface area (Å²) in [6, 6.07) is 13.9. The fourth-order valence-electron chi connectivity index (χ4n) is 2.94. The van der Waals surface area contributed by atoms with E-state index in [1.54, 1.807) is 22.9 Å². The van der Waals surface area contributed by atoms with E-state index in [9.17, 15) is 14.7 Å². The van der Waals surface area contributed by atoms with Crippen LogP contribution in [-0.4, -0.2) is 33.4 Å². The third-order valence-corrected chi connectivity index (χ3v) is 4.93. The summed E-state index contributed by atoms with van der Waals surface area (Å²) in [5, 5.41) is 16.8. The van der Waals surface area contributed by atoms with E-state index in [1.165, 1.54) is 12.1 Å². The van der Waals surface area contributed by atoms with Crippen LogP contribution in [0.5, 0.6) is 5.75 Å². The zero-order valence-electron chi connectivity index (χ0n) is 18.4. The first kappa shape index (κ1) is 22.1. The van der Waals surface area contributed by atoms with Crippen molar-refractivity contribution in [2.75, 3.05) is 11.9 Å². The van der Waals surface area contributed by atoms with Gasteiger partial charge in [-0.2, -0.15) is 5.10 Å². The number of benzene rings is 2. The molecule has 7 nitrogen and oxygen atoms in total. The first-order chi connectivity index (χ1) is 14.5. The van der Waals surface area contributed by atoms with Gasteiger partial charge in [0.1, 0.15) is 11.6 Å². The van der Waals surface area contributed by atoms with Gasteiger partial charge in [0, 0.05) is 11.5 Å². The number of carboxylic acids is 1. The summed E-state index contributed by atoms with van der Waals surface area (Å²) in [5.74, 6) is -0.302. The lowest BCUT2D eigenvalue weighted by Gasteiger charge is -2.14. The highest BCUT2D eigenvalue weighted by Crippen LogP contribution is 2.27. The molecule has 0 unspecified atom stereocenters. The Morgan fingerprint density at radius 3 is 2.45 bits per heavy atom. The molecule has 0 atom stereocenters. The van der Waals surface area contributed by atoms with Crippen LogP contribution >= 0.6 is 0 Å². The van der Waals surface area contributed by atoms with Crippen molar-refractivity contribution in [2.45, 2.75) is 40.0 Å². The lowest BCUT2D eigenvalue weighted by atomic mass is 9.92. The zero-order valence-corrected chi connectivity index (χ0v) is 18.4. The van der Waals surface area contributed by atoms with Crippen LogP contribution in [0.3, 0.4) is 0 Å². The number of amides is 1. The molecular weight excluding hydrogens is 394 g/mol. The average molecular weight is 421 g/mol. The molecule has 1 heterocycles. The van der Waals surface area contributed by atoms with Gasteiger partial charge in [0.15, 0.2) is 6.61 Å². The fourth-order valence-corrected chi connectivity index (χ4v) is 2.94. The Morgan fingerprint density at radius 1 is 1.06 bits per heavy atom. The van der Waals surface area contributed by atoms with Gasteiger partial charge in [0.2, 0.25) is 0 Å². The molecule has 0 fully saturated rings. The number of rotatable bonds is 6. The van der Waals surface area contributed by atoms with Crippen molar-refractivity contribution in [1.82, 2.24) is 9.78 Å². The number of ether oxygens (including phenoxy) is 1. The number of hydrogen-bond acceptors (Lipinski definition) is 4. The highest BCUT2D eigenvalue weighted by atomic mass is 16.5. The summed E-state index contributed by atoms with van der Waals surface area (Å²) in [6.07, 6.45) is 0. The van der Waals surface area contributed by atoms with E-state index in [0.717, 1.165) is 16.8 Å². The first-order valence-electron chi connectivity index (χ1n) is 9.99. The largest absolute Gasteiger partial charge is 0.484 e. The number of carboxylic acid groups (broad SMARTS) is 1. The Hall–Kier alpha value is -3.61. The fraction of sp³-hybridized carbons (Fsp3) is 0.292. The second-order valence-electron chi connectivity index (χ2n) is 8.52. The number of nitrogens with zero attached hydrogens (tertiary/aromatic N) is 2. The van der Waals surface area contributed by atoms with Crippen molar-refractivity contribution in [3.8, 4) is 11.4 Å². The number of carbonyl (C=O) groups excluding carboxylic acids is 1. The number of aromatic carboxylic acids is 1. The molecule has 0 saturated heterocycles. The molecule has 3 aromatic rings. The number of nitrogens with one attached hydrogen (secondary N) is 1. The standard InChI is InChI=1S/C24H27N3O4/c1-15-9-10-19(11-16(15)2)31-14-22(28)25-21-13-20(24(3,4)5)26-27(21)18-8-6-7-17(12-18)23(29)30/h6-13H,14H2,1-5H3,(H,25,28)(H,29,30). The first-order valence-corrected chi connectivity index (χ1v) is 9.99. The van der Waals surface area contributed by atoms with Crippen molar-refractivity contribution in [1.29, 1.82) is 0 Å². The molecule has 2 N–H and O–H groups in total. The molecule has 0 spiro atoms. The molecule has 0 aliphatic carbocycles. The summed E-state index contributed by atoms with van der Waals surface area (Å²) in [7, 11) is 0. The quantitative estimate of drug-likeness (QED) is 0.611. The lowest BCUT2D eigenvalue weighted by Crippen LogP contribution is -2.22. The average Bonchev–Trinajstić information content (AvgIpc) is 3.13. The normalized spacial score (nSPS) is 11.3. The Morgan fingerprint density at radius 2 is 1.81 bits per heavy atom. The molecular formula is C24H27N3O4. The summed E-state index contributed by atoms with van der Waals surface area (Å²) in [4.78, 5) is 23.9. The second-order valence-corrected chi connectivity index (χ2v) is 8.52. The number of aromatic nitrogens is 2. The number of anilines is 1. The van der Waals surface area contributed by atoms with E-state index in [-0.39, 0.29) is 23.5 Å². The van der Waals surface area contributed by atoms with Crippen molar-refractivity contribution in [3.63, 3.8) is 0 Å². The van der Waals surface area contributed by atoms with Crippen LogP contribution in [0.1, 0.15) is 48.0 Å². The van der Waals surface area contributed by atoms with Crippen molar-refractivity contribution >= 4 is 17.7 Å². The Labute approximate surface area is 181 Å². The SMILES string of the molecule is Cc1ccc(OCC(=O)Nc2cc(C(C)(C)C)nn2-c2cccc(C(=O)O)c2)cc1C. The van der Waals surface area contributed by atoms with Gasteiger partial charge in [-0.15, -0.1) is 0 Å². The molecule has 0 aliphatic rings. The third kappa shape index (κ3) is 5.31. The van der Waals surface area contributed by atoms with E-state index in [1.807, 2.05) is 52.8 Å².